The standard InChI is InChI=1S/C23H19F13O2/c1-13(2)38-16-11-7-6-10-15(16)17(37,14-8-4-3-5-9-14)12-18(24,25)19(26,27)20(28,29)21(30,31)22(32,33)23(34,35)36/h3-11,13,37H,12H2,1-2H3. The Morgan fingerprint density at radius 2 is 1.08 bits per heavy atom. The molecule has 0 bridgehead atoms. The van der Waals surface area contributed by atoms with Gasteiger partial charge in [0.2, 0.25) is 0 Å². The molecule has 214 valence electrons. The van der Waals surface area contributed by atoms with Gasteiger partial charge in [0.15, 0.2) is 0 Å². The number of benzene rings is 2. The van der Waals surface area contributed by atoms with Crippen LogP contribution in [-0.4, -0.2) is 47.0 Å². The molecule has 0 heterocycles. The summed E-state index contributed by atoms with van der Waals surface area (Å²) in [7, 11) is 0. The highest BCUT2D eigenvalue weighted by Gasteiger charge is 2.90. The maximum Gasteiger partial charge on any atom is 0.460 e. The van der Waals surface area contributed by atoms with E-state index < -0.39 is 70.8 Å². The van der Waals surface area contributed by atoms with Crippen LogP contribution in [0.4, 0.5) is 57.1 Å². The summed E-state index contributed by atoms with van der Waals surface area (Å²) in [6.07, 6.45) is -11.1. The third-order valence-corrected chi connectivity index (χ3v) is 5.42. The number of hydrogen-bond donors (Lipinski definition) is 1. The molecule has 38 heavy (non-hydrogen) atoms. The fourth-order valence-electron chi connectivity index (χ4n) is 3.47. The largest absolute Gasteiger partial charge is 0.491 e. The summed E-state index contributed by atoms with van der Waals surface area (Å²) in [6.45, 7) is 2.84. The molecule has 0 aliphatic rings. The second-order valence-electron chi connectivity index (χ2n) is 8.57. The van der Waals surface area contributed by atoms with Gasteiger partial charge in [0, 0.05) is 5.56 Å². The van der Waals surface area contributed by atoms with E-state index in [0.29, 0.717) is 0 Å². The van der Waals surface area contributed by atoms with Gasteiger partial charge in [0.05, 0.1) is 12.5 Å². The lowest BCUT2D eigenvalue weighted by Crippen LogP contribution is -2.70. The van der Waals surface area contributed by atoms with Gasteiger partial charge in [-0.15, -0.1) is 0 Å². The van der Waals surface area contributed by atoms with Crippen LogP contribution in [0, 0.1) is 0 Å². The molecule has 1 atom stereocenters. The van der Waals surface area contributed by atoms with E-state index in [-0.39, 0.29) is 0 Å². The molecule has 0 aliphatic heterocycles. The summed E-state index contributed by atoms with van der Waals surface area (Å²) < 4.78 is 183. The molecule has 0 saturated heterocycles. The van der Waals surface area contributed by atoms with Crippen LogP contribution in [0.2, 0.25) is 0 Å². The van der Waals surface area contributed by atoms with Gasteiger partial charge in [0.25, 0.3) is 0 Å². The molecular weight excluding hydrogens is 555 g/mol. The Morgan fingerprint density at radius 3 is 1.55 bits per heavy atom. The number of alkyl halides is 13. The van der Waals surface area contributed by atoms with E-state index in [9.17, 15) is 62.2 Å². The molecule has 0 radical (unpaired) electrons. The zero-order chi connectivity index (χ0) is 29.6. The Bertz CT molecular complexity index is 1100. The summed E-state index contributed by atoms with van der Waals surface area (Å²) in [4.78, 5) is 0. The molecular formula is C23H19F13O2. The summed E-state index contributed by atoms with van der Waals surface area (Å²) in [5.41, 5.74) is -4.85. The summed E-state index contributed by atoms with van der Waals surface area (Å²) in [5, 5.41) is 11.3. The van der Waals surface area contributed by atoms with Gasteiger partial charge in [-0.25, -0.2) is 0 Å². The van der Waals surface area contributed by atoms with E-state index in [1.807, 2.05) is 0 Å². The van der Waals surface area contributed by atoms with Crippen molar-refractivity contribution in [3.63, 3.8) is 0 Å². The molecule has 2 nitrogen and oxygen atoms in total. The quantitative estimate of drug-likeness (QED) is 0.293. The van der Waals surface area contributed by atoms with Crippen LogP contribution in [0.25, 0.3) is 0 Å². The van der Waals surface area contributed by atoms with Crippen molar-refractivity contribution in [3.8, 4) is 5.75 Å². The molecule has 1 unspecified atom stereocenters. The average molecular weight is 574 g/mol. The predicted octanol–water partition coefficient (Wildman–Crippen LogP) is 7.84. The van der Waals surface area contributed by atoms with Crippen LogP contribution in [0.3, 0.4) is 0 Å². The molecule has 0 aromatic heterocycles. The average Bonchev–Trinajstić information content (AvgIpc) is 2.78. The molecule has 0 saturated carbocycles. The second-order valence-corrected chi connectivity index (χ2v) is 8.57. The second kappa shape index (κ2) is 9.79. The highest BCUT2D eigenvalue weighted by Crippen LogP contribution is 2.62. The zero-order valence-electron chi connectivity index (χ0n) is 19.2. The fourth-order valence-corrected chi connectivity index (χ4v) is 3.47. The van der Waals surface area contributed by atoms with Crippen molar-refractivity contribution in [3.05, 3.63) is 65.7 Å². The normalized spacial score (nSPS) is 15.9. The van der Waals surface area contributed by atoms with Crippen LogP contribution in [0.15, 0.2) is 54.6 Å². The van der Waals surface area contributed by atoms with Crippen molar-refractivity contribution < 1.29 is 66.9 Å². The topological polar surface area (TPSA) is 29.5 Å². The van der Waals surface area contributed by atoms with E-state index in [4.69, 9.17) is 4.74 Å². The van der Waals surface area contributed by atoms with Crippen LogP contribution in [0.1, 0.15) is 31.4 Å². The van der Waals surface area contributed by atoms with E-state index in [0.717, 1.165) is 42.5 Å². The molecule has 2 rings (SSSR count). The molecule has 0 amide bonds. The third kappa shape index (κ3) is 5.00. The molecule has 0 spiro atoms. The third-order valence-electron chi connectivity index (χ3n) is 5.42. The van der Waals surface area contributed by atoms with Crippen molar-refractivity contribution in [2.45, 2.75) is 67.8 Å². The van der Waals surface area contributed by atoms with Crippen LogP contribution >= 0.6 is 0 Å². The van der Waals surface area contributed by atoms with Gasteiger partial charge in [-0.3, -0.25) is 0 Å². The number of para-hydroxylation sites is 1. The van der Waals surface area contributed by atoms with Gasteiger partial charge in [0.1, 0.15) is 11.4 Å². The number of halogens is 13. The van der Waals surface area contributed by atoms with Gasteiger partial charge >= 0.3 is 35.8 Å². The molecule has 1 N–H and O–H groups in total. The Labute approximate surface area is 207 Å². The lowest BCUT2D eigenvalue weighted by Gasteiger charge is -2.42. The van der Waals surface area contributed by atoms with Crippen molar-refractivity contribution in [2.75, 3.05) is 0 Å². The summed E-state index contributed by atoms with van der Waals surface area (Å²) >= 11 is 0. The Morgan fingerprint density at radius 1 is 0.632 bits per heavy atom. The zero-order valence-corrected chi connectivity index (χ0v) is 19.2. The fraction of sp³-hybridized carbons (Fsp3) is 0.478. The van der Waals surface area contributed by atoms with Crippen molar-refractivity contribution >= 4 is 0 Å². The number of ether oxygens (including phenoxy) is 1. The van der Waals surface area contributed by atoms with E-state index in [2.05, 4.69) is 0 Å². The van der Waals surface area contributed by atoms with Crippen molar-refractivity contribution in [1.82, 2.24) is 0 Å². The maximum atomic E-state index is 14.9. The maximum absolute atomic E-state index is 14.9. The van der Waals surface area contributed by atoms with Gasteiger partial charge in [-0.1, -0.05) is 48.5 Å². The van der Waals surface area contributed by atoms with E-state index >= 15 is 0 Å². The minimum absolute atomic E-state index is 0.436. The van der Waals surface area contributed by atoms with Gasteiger partial charge in [-0.2, -0.15) is 57.1 Å². The molecule has 0 aliphatic carbocycles. The van der Waals surface area contributed by atoms with Crippen molar-refractivity contribution in [2.24, 2.45) is 0 Å². The summed E-state index contributed by atoms with van der Waals surface area (Å²) in [5.74, 6) is -38.3. The van der Waals surface area contributed by atoms with Crippen LogP contribution in [-0.2, 0) is 5.60 Å². The molecule has 0 fully saturated rings. The van der Waals surface area contributed by atoms with E-state index in [1.165, 1.54) is 26.0 Å². The minimum atomic E-state index is -8.03. The van der Waals surface area contributed by atoms with Gasteiger partial charge in [-0.05, 0) is 25.5 Å². The monoisotopic (exact) mass is 574 g/mol. The Kier molecular flexibility index (Phi) is 8.12. The number of hydrogen-bond acceptors (Lipinski definition) is 2. The van der Waals surface area contributed by atoms with Gasteiger partial charge < -0.3 is 9.84 Å². The summed E-state index contributed by atoms with van der Waals surface area (Å²) in [6, 6.07) is 9.42. The van der Waals surface area contributed by atoms with Crippen molar-refractivity contribution in [1.29, 1.82) is 0 Å². The minimum Gasteiger partial charge on any atom is -0.491 e. The molecule has 2 aromatic carbocycles. The molecule has 15 heteroatoms. The van der Waals surface area contributed by atoms with Crippen LogP contribution < -0.4 is 4.74 Å². The Balaban J connectivity index is 2.74. The smallest absolute Gasteiger partial charge is 0.460 e. The molecule has 2 aromatic rings. The highest BCUT2D eigenvalue weighted by atomic mass is 19.4. The SMILES string of the molecule is CC(C)Oc1ccccc1C(O)(CC(F)(F)C(F)(F)C(F)(F)C(F)(F)C(F)(F)C(F)(F)F)c1ccccc1. The first-order valence-corrected chi connectivity index (χ1v) is 10.5. The Hall–Kier alpha value is -2.71. The lowest BCUT2D eigenvalue weighted by molar-refractivity contribution is -0.441. The number of rotatable bonds is 10. The lowest BCUT2D eigenvalue weighted by atomic mass is 9.78. The first kappa shape index (κ1) is 31.5. The number of aliphatic hydroxyl groups is 1. The predicted molar refractivity (Wildman–Crippen MR) is 107 cm³/mol. The first-order valence-electron chi connectivity index (χ1n) is 10.5. The van der Waals surface area contributed by atoms with Crippen LogP contribution in [0.5, 0.6) is 5.75 Å². The van der Waals surface area contributed by atoms with E-state index in [1.54, 1.807) is 0 Å². The first-order chi connectivity index (χ1) is 17.0. The highest BCUT2D eigenvalue weighted by molar-refractivity contribution is 5.45.